The molecule has 1 aromatic carbocycles. The van der Waals surface area contributed by atoms with E-state index in [0.717, 1.165) is 28.7 Å². The van der Waals surface area contributed by atoms with Crippen LogP contribution in [0, 0.1) is 0 Å². The second-order valence-corrected chi connectivity index (χ2v) is 5.08. The third-order valence-corrected chi connectivity index (χ3v) is 3.58. The number of aromatic nitrogens is 2. The van der Waals surface area contributed by atoms with Gasteiger partial charge in [-0.25, -0.2) is 9.78 Å². The number of rotatable bonds is 4. The summed E-state index contributed by atoms with van der Waals surface area (Å²) >= 11 is 0. The molecule has 0 atom stereocenters. The van der Waals surface area contributed by atoms with Crippen LogP contribution in [0.4, 0.5) is 10.5 Å². The molecule has 0 aliphatic rings. The summed E-state index contributed by atoms with van der Waals surface area (Å²) in [6.45, 7) is 2.62. The van der Waals surface area contributed by atoms with Gasteiger partial charge in [-0.2, -0.15) is 0 Å². The van der Waals surface area contributed by atoms with Crippen molar-refractivity contribution in [3.63, 3.8) is 0 Å². The van der Waals surface area contributed by atoms with Crippen LogP contribution in [0.1, 0.15) is 18.1 Å². The molecular weight excluding hydrogens is 276 g/mol. The van der Waals surface area contributed by atoms with Crippen LogP contribution in [0.15, 0.2) is 48.8 Å². The zero-order chi connectivity index (χ0) is 15.4. The minimum Gasteiger partial charge on any atom is -0.344 e. The van der Waals surface area contributed by atoms with Crippen LogP contribution >= 0.6 is 0 Å². The molecule has 0 saturated carbocycles. The molecule has 112 valence electrons. The van der Waals surface area contributed by atoms with Crippen molar-refractivity contribution in [1.29, 1.82) is 0 Å². The first kappa shape index (κ1) is 14.1. The highest BCUT2D eigenvalue weighted by Crippen LogP contribution is 2.20. The van der Waals surface area contributed by atoms with Gasteiger partial charge < -0.3 is 15.6 Å². The van der Waals surface area contributed by atoms with E-state index in [1.807, 2.05) is 24.3 Å². The zero-order valence-corrected chi connectivity index (χ0v) is 12.4. The second-order valence-electron chi connectivity index (χ2n) is 5.08. The highest BCUT2D eigenvalue weighted by atomic mass is 16.2. The standard InChI is InChI=1S/C17H18N4O/c1-2-12-5-7-13(8-6-12)10-20-17(22)21-15-11-19-16-14(15)4-3-9-18-16/h3-9,11H,2,10H2,1H3,(H,18,19)(H2,20,21,22). The molecule has 5 nitrogen and oxygen atoms in total. The lowest BCUT2D eigenvalue weighted by Crippen LogP contribution is -2.28. The van der Waals surface area contributed by atoms with Gasteiger partial charge in [0.1, 0.15) is 5.65 Å². The monoisotopic (exact) mass is 294 g/mol. The first-order chi connectivity index (χ1) is 10.8. The van der Waals surface area contributed by atoms with Crippen molar-refractivity contribution in [3.8, 4) is 0 Å². The molecule has 3 rings (SSSR count). The average molecular weight is 294 g/mol. The fourth-order valence-corrected chi connectivity index (χ4v) is 2.30. The number of fused-ring (bicyclic) bond motifs is 1. The summed E-state index contributed by atoms with van der Waals surface area (Å²) in [5.74, 6) is 0. The van der Waals surface area contributed by atoms with Crippen LogP contribution < -0.4 is 10.6 Å². The largest absolute Gasteiger partial charge is 0.344 e. The van der Waals surface area contributed by atoms with Gasteiger partial charge >= 0.3 is 6.03 Å². The van der Waals surface area contributed by atoms with Crippen molar-refractivity contribution in [2.24, 2.45) is 0 Å². The van der Waals surface area contributed by atoms with E-state index in [1.165, 1.54) is 5.56 Å². The predicted molar refractivity (Wildman–Crippen MR) is 87.8 cm³/mol. The third-order valence-electron chi connectivity index (χ3n) is 3.58. The fraction of sp³-hybridized carbons (Fsp3) is 0.176. The Balaban J connectivity index is 1.60. The fourth-order valence-electron chi connectivity index (χ4n) is 2.30. The molecule has 0 saturated heterocycles. The molecule has 3 N–H and O–H groups in total. The highest BCUT2D eigenvalue weighted by Gasteiger charge is 2.07. The van der Waals surface area contributed by atoms with E-state index in [4.69, 9.17) is 0 Å². The topological polar surface area (TPSA) is 69.8 Å². The van der Waals surface area contributed by atoms with E-state index in [0.29, 0.717) is 6.54 Å². The Morgan fingerprint density at radius 3 is 2.73 bits per heavy atom. The molecule has 0 aliphatic carbocycles. The Kier molecular flexibility index (Phi) is 4.05. The van der Waals surface area contributed by atoms with Gasteiger partial charge in [0.15, 0.2) is 0 Å². The van der Waals surface area contributed by atoms with Gasteiger partial charge in [-0.15, -0.1) is 0 Å². The number of aromatic amines is 1. The summed E-state index contributed by atoms with van der Waals surface area (Å²) in [4.78, 5) is 19.2. The molecule has 0 spiro atoms. The number of hydrogen-bond donors (Lipinski definition) is 3. The molecule has 0 aliphatic heterocycles. The Hall–Kier alpha value is -2.82. The molecule has 0 unspecified atom stereocenters. The molecule has 0 fully saturated rings. The van der Waals surface area contributed by atoms with Crippen molar-refractivity contribution < 1.29 is 4.79 Å². The van der Waals surface area contributed by atoms with Crippen LogP contribution in [-0.2, 0) is 13.0 Å². The van der Waals surface area contributed by atoms with Gasteiger partial charge in [-0.3, -0.25) is 0 Å². The third kappa shape index (κ3) is 3.09. The van der Waals surface area contributed by atoms with Crippen molar-refractivity contribution in [1.82, 2.24) is 15.3 Å². The maximum Gasteiger partial charge on any atom is 0.319 e. The summed E-state index contributed by atoms with van der Waals surface area (Å²) in [5.41, 5.74) is 3.85. The molecule has 3 aromatic rings. The quantitative estimate of drug-likeness (QED) is 0.689. The van der Waals surface area contributed by atoms with Crippen molar-refractivity contribution in [2.75, 3.05) is 5.32 Å². The van der Waals surface area contributed by atoms with Crippen molar-refractivity contribution >= 4 is 22.8 Å². The lowest BCUT2D eigenvalue weighted by atomic mass is 10.1. The minimum absolute atomic E-state index is 0.232. The first-order valence-electron chi connectivity index (χ1n) is 7.31. The number of aryl methyl sites for hydroxylation is 1. The normalized spacial score (nSPS) is 10.6. The molecule has 0 bridgehead atoms. The van der Waals surface area contributed by atoms with E-state index in [-0.39, 0.29) is 6.03 Å². The van der Waals surface area contributed by atoms with Crippen molar-refractivity contribution in [2.45, 2.75) is 19.9 Å². The first-order valence-corrected chi connectivity index (χ1v) is 7.31. The Morgan fingerprint density at radius 2 is 1.95 bits per heavy atom. The van der Waals surface area contributed by atoms with Gasteiger partial charge in [0.2, 0.25) is 0 Å². The van der Waals surface area contributed by atoms with Gasteiger partial charge in [-0.05, 0) is 29.7 Å². The number of hydrogen-bond acceptors (Lipinski definition) is 2. The van der Waals surface area contributed by atoms with E-state index in [2.05, 4.69) is 39.7 Å². The number of amides is 2. The number of carbonyl (C=O) groups is 1. The van der Waals surface area contributed by atoms with E-state index in [1.54, 1.807) is 12.4 Å². The minimum atomic E-state index is -0.232. The number of pyridine rings is 1. The summed E-state index contributed by atoms with van der Waals surface area (Å²) in [6, 6.07) is 11.8. The molecule has 0 radical (unpaired) electrons. The molecular formula is C17H18N4O. The average Bonchev–Trinajstić information content (AvgIpc) is 2.97. The molecule has 2 aromatic heterocycles. The number of anilines is 1. The summed E-state index contributed by atoms with van der Waals surface area (Å²) < 4.78 is 0. The number of nitrogens with one attached hydrogen (secondary N) is 3. The second kappa shape index (κ2) is 6.30. The molecule has 5 heteroatoms. The number of nitrogens with zero attached hydrogens (tertiary/aromatic N) is 1. The van der Waals surface area contributed by atoms with Gasteiger partial charge in [0.25, 0.3) is 0 Å². The van der Waals surface area contributed by atoms with Crippen LogP contribution in [0.3, 0.4) is 0 Å². The number of benzene rings is 1. The predicted octanol–water partition coefficient (Wildman–Crippen LogP) is 3.45. The molecule has 2 heterocycles. The summed E-state index contributed by atoms with van der Waals surface area (Å²) in [6.07, 6.45) is 4.47. The number of carbonyl (C=O) groups excluding carboxylic acids is 1. The van der Waals surface area contributed by atoms with Crippen LogP contribution in [0.25, 0.3) is 11.0 Å². The van der Waals surface area contributed by atoms with Gasteiger partial charge in [0, 0.05) is 24.3 Å². The van der Waals surface area contributed by atoms with Crippen LogP contribution in [0.2, 0.25) is 0 Å². The Labute approximate surface area is 128 Å². The SMILES string of the molecule is CCc1ccc(CNC(=O)Nc2c[nH]c3ncccc23)cc1. The van der Waals surface area contributed by atoms with E-state index < -0.39 is 0 Å². The number of H-pyrrole nitrogens is 1. The lowest BCUT2D eigenvalue weighted by molar-refractivity contribution is 0.252. The maximum absolute atomic E-state index is 12.0. The van der Waals surface area contributed by atoms with Gasteiger partial charge in [0.05, 0.1) is 5.69 Å². The van der Waals surface area contributed by atoms with Gasteiger partial charge in [-0.1, -0.05) is 31.2 Å². The zero-order valence-electron chi connectivity index (χ0n) is 12.4. The highest BCUT2D eigenvalue weighted by molar-refractivity contribution is 5.99. The Morgan fingerprint density at radius 1 is 1.18 bits per heavy atom. The van der Waals surface area contributed by atoms with E-state index in [9.17, 15) is 4.79 Å². The Bertz CT molecular complexity index is 777. The maximum atomic E-state index is 12.0. The molecule has 22 heavy (non-hydrogen) atoms. The smallest absolute Gasteiger partial charge is 0.319 e. The summed E-state index contributed by atoms with van der Waals surface area (Å²) in [5, 5.41) is 6.58. The summed E-state index contributed by atoms with van der Waals surface area (Å²) in [7, 11) is 0. The lowest BCUT2D eigenvalue weighted by Gasteiger charge is -2.07. The van der Waals surface area contributed by atoms with Crippen LogP contribution in [-0.4, -0.2) is 16.0 Å². The number of urea groups is 1. The van der Waals surface area contributed by atoms with E-state index >= 15 is 0 Å². The molecule has 2 amide bonds. The van der Waals surface area contributed by atoms with Crippen LogP contribution in [0.5, 0.6) is 0 Å². The van der Waals surface area contributed by atoms with Crippen molar-refractivity contribution in [3.05, 3.63) is 59.9 Å².